The summed E-state index contributed by atoms with van der Waals surface area (Å²) >= 11 is 7.63. The first-order valence-electron chi connectivity index (χ1n) is 6.90. The summed E-state index contributed by atoms with van der Waals surface area (Å²) < 4.78 is 4.20. The Balaban J connectivity index is 2.07. The van der Waals surface area contributed by atoms with E-state index in [2.05, 4.69) is 4.98 Å². The van der Waals surface area contributed by atoms with Crippen molar-refractivity contribution >= 4 is 34.5 Å². The normalized spacial score (nSPS) is 11.3. The molecular weight excluding hydrogens is 336 g/mol. The number of imidazole rings is 1. The van der Waals surface area contributed by atoms with Gasteiger partial charge in [-0.1, -0.05) is 41.6 Å². The maximum atomic E-state index is 12.3. The molecule has 0 saturated heterocycles. The first-order chi connectivity index (χ1) is 10.9. The SMILES string of the molecule is Cn1c(=O)c2c(nc(SCc3ccccc3Cl)n2C)n(C)c1=O. The maximum Gasteiger partial charge on any atom is 0.332 e. The van der Waals surface area contributed by atoms with Gasteiger partial charge in [-0.2, -0.15) is 0 Å². The Bertz CT molecular complexity index is 1020. The van der Waals surface area contributed by atoms with Gasteiger partial charge in [0, 0.05) is 31.9 Å². The highest BCUT2D eigenvalue weighted by Crippen LogP contribution is 2.27. The molecule has 8 heteroatoms. The average molecular weight is 351 g/mol. The summed E-state index contributed by atoms with van der Waals surface area (Å²) in [5, 5.41) is 1.36. The van der Waals surface area contributed by atoms with E-state index >= 15 is 0 Å². The van der Waals surface area contributed by atoms with Crippen molar-refractivity contribution in [2.75, 3.05) is 0 Å². The van der Waals surface area contributed by atoms with E-state index in [4.69, 9.17) is 11.6 Å². The van der Waals surface area contributed by atoms with Gasteiger partial charge in [0.05, 0.1) is 0 Å². The Morgan fingerprint density at radius 2 is 1.78 bits per heavy atom. The summed E-state index contributed by atoms with van der Waals surface area (Å²) in [5.74, 6) is 0.630. The lowest BCUT2D eigenvalue weighted by Gasteiger charge is -2.04. The lowest BCUT2D eigenvalue weighted by Crippen LogP contribution is -2.37. The minimum atomic E-state index is -0.386. The first kappa shape index (κ1) is 15.9. The van der Waals surface area contributed by atoms with Gasteiger partial charge in [0.1, 0.15) is 0 Å². The van der Waals surface area contributed by atoms with Gasteiger partial charge >= 0.3 is 5.69 Å². The Morgan fingerprint density at radius 1 is 1.09 bits per heavy atom. The van der Waals surface area contributed by atoms with Crippen molar-refractivity contribution in [1.82, 2.24) is 18.7 Å². The summed E-state index contributed by atoms with van der Waals surface area (Å²) in [7, 11) is 4.85. The number of benzene rings is 1. The Labute approximate surface area is 141 Å². The molecule has 0 bridgehead atoms. The number of fused-ring (bicyclic) bond motifs is 1. The van der Waals surface area contributed by atoms with Crippen molar-refractivity contribution < 1.29 is 0 Å². The predicted octanol–water partition coefficient (Wildman–Crippen LogP) is 1.92. The van der Waals surface area contributed by atoms with Crippen LogP contribution in [0.5, 0.6) is 0 Å². The van der Waals surface area contributed by atoms with Gasteiger partial charge < -0.3 is 4.57 Å². The molecule has 6 nitrogen and oxygen atoms in total. The number of hydrogen-bond donors (Lipinski definition) is 0. The molecule has 0 amide bonds. The third-order valence-corrected chi connectivity index (χ3v) is 5.20. The predicted molar refractivity (Wildman–Crippen MR) is 92.2 cm³/mol. The lowest BCUT2D eigenvalue weighted by molar-refractivity contribution is 0.705. The number of nitrogens with zero attached hydrogens (tertiary/aromatic N) is 4. The van der Waals surface area contributed by atoms with E-state index in [1.807, 2.05) is 24.3 Å². The number of thioether (sulfide) groups is 1. The summed E-state index contributed by atoms with van der Waals surface area (Å²) in [6, 6.07) is 7.60. The molecule has 0 fully saturated rings. The van der Waals surface area contributed by atoms with E-state index in [1.54, 1.807) is 18.7 Å². The molecule has 0 spiro atoms. The highest BCUT2D eigenvalue weighted by Gasteiger charge is 2.17. The van der Waals surface area contributed by atoms with Crippen LogP contribution in [0.1, 0.15) is 5.56 Å². The molecule has 23 heavy (non-hydrogen) atoms. The average Bonchev–Trinajstić information content (AvgIpc) is 2.87. The number of hydrogen-bond acceptors (Lipinski definition) is 4. The van der Waals surface area contributed by atoms with Crippen LogP contribution < -0.4 is 11.2 Å². The molecule has 0 N–H and O–H groups in total. The van der Waals surface area contributed by atoms with Crippen LogP contribution in [0.3, 0.4) is 0 Å². The van der Waals surface area contributed by atoms with Crippen LogP contribution in [0.25, 0.3) is 11.2 Å². The zero-order chi connectivity index (χ0) is 16.7. The second kappa shape index (κ2) is 5.90. The van der Waals surface area contributed by atoms with Crippen LogP contribution >= 0.6 is 23.4 Å². The molecular formula is C15H15ClN4O2S. The second-order valence-corrected chi connectivity index (χ2v) is 6.56. The fraction of sp³-hybridized carbons (Fsp3) is 0.267. The Kier molecular flexibility index (Phi) is 4.08. The minimum Gasteiger partial charge on any atom is -0.316 e. The first-order valence-corrected chi connectivity index (χ1v) is 8.26. The highest BCUT2D eigenvalue weighted by atomic mass is 35.5. The summed E-state index contributed by atoms with van der Waals surface area (Å²) in [6.07, 6.45) is 0. The van der Waals surface area contributed by atoms with Crippen LogP contribution in [0.4, 0.5) is 0 Å². The second-order valence-electron chi connectivity index (χ2n) is 5.21. The quantitative estimate of drug-likeness (QED) is 0.677. The zero-order valence-corrected chi connectivity index (χ0v) is 14.5. The molecule has 0 aliphatic carbocycles. The molecule has 0 radical (unpaired) electrons. The molecule has 0 unspecified atom stereocenters. The van der Waals surface area contributed by atoms with Gasteiger partial charge in [0.15, 0.2) is 16.3 Å². The van der Waals surface area contributed by atoms with Crippen LogP contribution in [0, 0.1) is 0 Å². The largest absolute Gasteiger partial charge is 0.332 e. The number of aryl methyl sites for hydroxylation is 2. The van der Waals surface area contributed by atoms with Crippen LogP contribution in [0.15, 0.2) is 39.0 Å². The smallest absolute Gasteiger partial charge is 0.316 e. The van der Waals surface area contributed by atoms with Gasteiger partial charge in [0.25, 0.3) is 5.56 Å². The van der Waals surface area contributed by atoms with Crippen LogP contribution in [-0.2, 0) is 26.9 Å². The number of aromatic nitrogens is 4. The standard InChI is InChI=1S/C15H15ClN4O2S/c1-18-11-12(19(2)15(22)20(3)13(11)21)17-14(18)23-8-9-6-4-5-7-10(9)16/h4-7H,8H2,1-3H3. The highest BCUT2D eigenvalue weighted by molar-refractivity contribution is 7.98. The maximum absolute atomic E-state index is 12.3. The number of halogens is 1. The van der Waals surface area contributed by atoms with Gasteiger partial charge in [0.2, 0.25) is 0 Å². The van der Waals surface area contributed by atoms with Gasteiger partial charge in [-0.25, -0.2) is 9.78 Å². The molecule has 0 aliphatic heterocycles. The lowest BCUT2D eigenvalue weighted by atomic mass is 10.2. The van der Waals surface area contributed by atoms with Gasteiger partial charge in [-0.05, 0) is 11.6 Å². The Hall–Kier alpha value is -1.99. The summed E-state index contributed by atoms with van der Waals surface area (Å²) in [5.41, 5.74) is 1.07. The Morgan fingerprint density at radius 3 is 2.48 bits per heavy atom. The molecule has 0 aliphatic rings. The van der Waals surface area contributed by atoms with Crippen LogP contribution in [-0.4, -0.2) is 18.7 Å². The number of rotatable bonds is 3. The molecule has 0 atom stereocenters. The fourth-order valence-electron chi connectivity index (χ4n) is 2.39. The molecule has 120 valence electrons. The van der Waals surface area contributed by atoms with Crippen molar-refractivity contribution in [1.29, 1.82) is 0 Å². The van der Waals surface area contributed by atoms with E-state index in [0.717, 1.165) is 10.1 Å². The van der Waals surface area contributed by atoms with E-state index < -0.39 is 0 Å². The molecule has 0 saturated carbocycles. The minimum absolute atomic E-state index is 0.345. The monoisotopic (exact) mass is 350 g/mol. The van der Waals surface area contributed by atoms with E-state index in [1.165, 1.54) is 23.4 Å². The zero-order valence-electron chi connectivity index (χ0n) is 12.9. The molecule has 3 aromatic rings. The van der Waals surface area contributed by atoms with Crippen molar-refractivity contribution in [2.24, 2.45) is 21.1 Å². The van der Waals surface area contributed by atoms with Crippen molar-refractivity contribution in [3.8, 4) is 0 Å². The third-order valence-electron chi connectivity index (χ3n) is 3.75. The summed E-state index contributed by atoms with van der Waals surface area (Å²) in [6.45, 7) is 0. The molecule has 1 aromatic carbocycles. The third kappa shape index (κ3) is 2.60. The van der Waals surface area contributed by atoms with Crippen molar-refractivity contribution in [3.63, 3.8) is 0 Å². The fourth-order valence-corrected chi connectivity index (χ4v) is 3.64. The van der Waals surface area contributed by atoms with E-state index in [0.29, 0.717) is 27.1 Å². The van der Waals surface area contributed by atoms with E-state index in [9.17, 15) is 9.59 Å². The molecule has 2 aromatic heterocycles. The van der Waals surface area contributed by atoms with Crippen molar-refractivity contribution in [3.05, 3.63) is 55.7 Å². The molecule has 3 rings (SSSR count). The van der Waals surface area contributed by atoms with Crippen molar-refractivity contribution in [2.45, 2.75) is 10.9 Å². The van der Waals surface area contributed by atoms with Crippen LogP contribution in [0.2, 0.25) is 5.02 Å². The molecule has 2 heterocycles. The van der Waals surface area contributed by atoms with E-state index in [-0.39, 0.29) is 11.2 Å². The van der Waals surface area contributed by atoms with Gasteiger partial charge in [-0.3, -0.25) is 13.9 Å². The summed E-state index contributed by atoms with van der Waals surface area (Å²) in [4.78, 5) is 28.8. The van der Waals surface area contributed by atoms with Gasteiger partial charge in [-0.15, -0.1) is 0 Å². The topological polar surface area (TPSA) is 61.8 Å².